The Morgan fingerprint density at radius 2 is 2.58 bits per heavy atom. The van der Waals surface area contributed by atoms with Gasteiger partial charge in [-0.1, -0.05) is 0 Å². The van der Waals surface area contributed by atoms with Gasteiger partial charge in [0.15, 0.2) is 0 Å². The van der Waals surface area contributed by atoms with E-state index in [2.05, 4.69) is 5.32 Å². The number of urea groups is 1. The number of carbonyl (C=O) groups is 1. The first-order valence-corrected chi connectivity index (χ1v) is 6.46. The first kappa shape index (κ1) is 13.9. The Bertz CT molecular complexity index is 393. The molecule has 2 unspecified atom stereocenters. The van der Waals surface area contributed by atoms with Crippen LogP contribution in [0.5, 0.6) is 0 Å². The molecule has 6 nitrogen and oxygen atoms in total. The number of nitrogens with one attached hydrogen (secondary N) is 1. The number of likely N-dealkylation sites (tertiary alicyclic amines) is 1. The summed E-state index contributed by atoms with van der Waals surface area (Å²) in [5, 5.41) is 12.5. The van der Waals surface area contributed by atoms with Gasteiger partial charge in [-0.15, -0.1) is 0 Å². The Kier molecular flexibility index (Phi) is 4.81. The second-order valence-electron chi connectivity index (χ2n) is 4.71. The highest BCUT2D eigenvalue weighted by Gasteiger charge is 2.25. The third kappa shape index (κ3) is 3.71. The Labute approximate surface area is 112 Å². The lowest BCUT2D eigenvalue weighted by atomic mass is 10.1. The Hall–Kier alpha value is -1.53. The first-order chi connectivity index (χ1) is 9.20. The molecule has 2 N–H and O–H groups in total. The fraction of sp³-hybridized carbons (Fsp3) is 0.615. The van der Waals surface area contributed by atoms with Crippen molar-refractivity contribution in [2.45, 2.75) is 25.0 Å². The van der Waals surface area contributed by atoms with E-state index >= 15 is 0 Å². The predicted octanol–water partition coefficient (Wildman–Crippen LogP) is 1.13. The van der Waals surface area contributed by atoms with Gasteiger partial charge < -0.3 is 24.5 Å². The molecular weight excluding hydrogens is 248 g/mol. The van der Waals surface area contributed by atoms with E-state index in [1.807, 2.05) is 0 Å². The van der Waals surface area contributed by atoms with Crippen LogP contribution in [0.1, 0.15) is 24.6 Å². The predicted molar refractivity (Wildman–Crippen MR) is 68.7 cm³/mol. The average Bonchev–Trinajstić information content (AvgIpc) is 2.92. The highest BCUT2D eigenvalue weighted by Crippen LogP contribution is 2.16. The lowest BCUT2D eigenvalue weighted by Crippen LogP contribution is -2.48. The monoisotopic (exact) mass is 268 g/mol. The van der Waals surface area contributed by atoms with Gasteiger partial charge in [-0.2, -0.15) is 0 Å². The van der Waals surface area contributed by atoms with E-state index in [4.69, 9.17) is 9.15 Å². The number of aliphatic hydroxyl groups is 1. The molecule has 2 heterocycles. The van der Waals surface area contributed by atoms with E-state index in [-0.39, 0.29) is 12.1 Å². The van der Waals surface area contributed by atoms with Crippen molar-refractivity contribution < 1.29 is 19.1 Å². The molecule has 2 atom stereocenters. The molecule has 19 heavy (non-hydrogen) atoms. The summed E-state index contributed by atoms with van der Waals surface area (Å²) in [5.74, 6) is 0.660. The molecule has 1 fully saturated rings. The van der Waals surface area contributed by atoms with Crippen LogP contribution in [0.15, 0.2) is 22.8 Å². The van der Waals surface area contributed by atoms with Gasteiger partial charge in [0.1, 0.15) is 11.8 Å². The molecule has 0 radical (unpaired) electrons. The zero-order valence-electron chi connectivity index (χ0n) is 11.0. The molecule has 106 valence electrons. The topological polar surface area (TPSA) is 74.9 Å². The van der Waals surface area contributed by atoms with Crippen molar-refractivity contribution in [3.8, 4) is 0 Å². The molecule has 0 bridgehead atoms. The number of β-amino-alcohol motifs (C(OH)–C–C–N with tert-alkyl or cyclic N) is 1. The van der Waals surface area contributed by atoms with Crippen LogP contribution in [0.2, 0.25) is 0 Å². The maximum absolute atomic E-state index is 12.1. The molecule has 2 rings (SSSR count). The molecule has 1 aliphatic rings. The van der Waals surface area contributed by atoms with Gasteiger partial charge in [0.25, 0.3) is 0 Å². The van der Waals surface area contributed by atoms with Gasteiger partial charge in [0, 0.05) is 20.2 Å². The van der Waals surface area contributed by atoms with Crippen LogP contribution in [0, 0.1) is 0 Å². The number of hydrogen-bond donors (Lipinski definition) is 2. The van der Waals surface area contributed by atoms with Crippen LogP contribution in [0.3, 0.4) is 0 Å². The quantitative estimate of drug-likeness (QED) is 0.858. The average molecular weight is 268 g/mol. The normalized spacial score (nSPS) is 21.2. The third-order valence-corrected chi connectivity index (χ3v) is 3.20. The van der Waals surface area contributed by atoms with Crippen LogP contribution in [0.4, 0.5) is 4.79 Å². The molecule has 0 aliphatic carbocycles. The lowest BCUT2D eigenvalue weighted by Gasteiger charge is -2.31. The maximum atomic E-state index is 12.1. The number of nitrogens with zero attached hydrogens (tertiary/aromatic N) is 1. The van der Waals surface area contributed by atoms with Crippen LogP contribution < -0.4 is 5.32 Å². The maximum Gasteiger partial charge on any atom is 0.318 e. The molecule has 2 amide bonds. The summed E-state index contributed by atoms with van der Waals surface area (Å²) in [7, 11) is 1.58. The molecule has 0 saturated carbocycles. The summed E-state index contributed by atoms with van der Waals surface area (Å²) in [4.78, 5) is 13.8. The van der Waals surface area contributed by atoms with E-state index < -0.39 is 6.10 Å². The number of hydrogen-bond acceptors (Lipinski definition) is 4. The van der Waals surface area contributed by atoms with Crippen LogP contribution in [-0.4, -0.2) is 48.9 Å². The van der Waals surface area contributed by atoms with E-state index in [1.165, 1.54) is 0 Å². The van der Waals surface area contributed by atoms with Crippen LogP contribution in [0.25, 0.3) is 0 Å². The van der Waals surface area contributed by atoms with Gasteiger partial charge in [-0.3, -0.25) is 0 Å². The number of rotatable bonds is 4. The van der Waals surface area contributed by atoms with Gasteiger partial charge in [-0.05, 0) is 25.0 Å². The van der Waals surface area contributed by atoms with Crippen molar-refractivity contribution in [1.82, 2.24) is 10.2 Å². The second-order valence-corrected chi connectivity index (χ2v) is 4.71. The minimum absolute atomic E-state index is 0.197. The zero-order valence-corrected chi connectivity index (χ0v) is 11.0. The fourth-order valence-corrected chi connectivity index (χ4v) is 2.23. The summed E-state index contributed by atoms with van der Waals surface area (Å²) in [6, 6.07) is 3.06. The lowest BCUT2D eigenvalue weighted by molar-refractivity contribution is 0.0803. The van der Waals surface area contributed by atoms with E-state index in [0.717, 1.165) is 12.8 Å². The Balaban J connectivity index is 1.95. The molecule has 0 aromatic carbocycles. The molecule has 1 aromatic heterocycles. The number of methoxy groups -OCH3 is 1. The fourth-order valence-electron chi connectivity index (χ4n) is 2.23. The van der Waals surface area contributed by atoms with Crippen molar-refractivity contribution >= 4 is 6.03 Å². The number of piperidine rings is 1. The molecular formula is C13H20N2O4. The zero-order chi connectivity index (χ0) is 13.7. The summed E-state index contributed by atoms with van der Waals surface area (Å²) >= 11 is 0. The molecule has 1 saturated heterocycles. The summed E-state index contributed by atoms with van der Waals surface area (Å²) < 4.78 is 10.4. The largest absolute Gasteiger partial charge is 0.467 e. The standard InChI is InChI=1S/C13H20N2O4/c1-18-9-11(12-5-3-7-19-12)14-13(17)15-6-2-4-10(16)8-15/h3,5,7,10-11,16H,2,4,6,8-9H2,1H3,(H,14,17). The number of ether oxygens (including phenoxy) is 1. The number of carbonyl (C=O) groups excluding carboxylic acids is 1. The van der Waals surface area contributed by atoms with Gasteiger partial charge in [0.2, 0.25) is 0 Å². The third-order valence-electron chi connectivity index (χ3n) is 3.20. The van der Waals surface area contributed by atoms with Gasteiger partial charge >= 0.3 is 6.03 Å². The van der Waals surface area contributed by atoms with E-state index in [1.54, 1.807) is 30.4 Å². The number of amides is 2. The van der Waals surface area contributed by atoms with Crippen molar-refractivity contribution in [3.05, 3.63) is 24.2 Å². The Morgan fingerprint density at radius 3 is 3.21 bits per heavy atom. The van der Waals surface area contributed by atoms with Crippen LogP contribution >= 0.6 is 0 Å². The molecule has 0 spiro atoms. The van der Waals surface area contributed by atoms with Crippen molar-refractivity contribution in [1.29, 1.82) is 0 Å². The highest BCUT2D eigenvalue weighted by molar-refractivity contribution is 5.74. The minimum atomic E-state index is -0.427. The van der Waals surface area contributed by atoms with Crippen molar-refractivity contribution in [2.75, 3.05) is 26.8 Å². The second kappa shape index (κ2) is 6.58. The summed E-state index contributed by atoms with van der Waals surface area (Å²) in [6.07, 6.45) is 2.71. The minimum Gasteiger partial charge on any atom is -0.467 e. The van der Waals surface area contributed by atoms with Gasteiger partial charge in [0.05, 0.1) is 19.0 Å². The molecule has 1 aromatic rings. The summed E-state index contributed by atoms with van der Waals surface area (Å²) in [6.45, 7) is 1.39. The van der Waals surface area contributed by atoms with E-state index in [0.29, 0.717) is 25.5 Å². The molecule has 6 heteroatoms. The van der Waals surface area contributed by atoms with Crippen molar-refractivity contribution in [3.63, 3.8) is 0 Å². The van der Waals surface area contributed by atoms with Crippen molar-refractivity contribution in [2.24, 2.45) is 0 Å². The number of aliphatic hydroxyl groups excluding tert-OH is 1. The highest BCUT2D eigenvalue weighted by atomic mass is 16.5. The Morgan fingerprint density at radius 1 is 1.74 bits per heavy atom. The first-order valence-electron chi connectivity index (χ1n) is 6.46. The smallest absolute Gasteiger partial charge is 0.318 e. The number of furan rings is 1. The molecule has 1 aliphatic heterocycles. The van der Waals surface area contributed by atoms with Crippen LogP contribution in [-0.2, 0) is 4.74 Å². The SMILES string of the molecule is COCC(NC(=O)N1CCCC(O)C1)c1ccco1. The summed E-state index contributed by atoms with van der Waals surface area (Å²) in [5.41, 5.74) is 0. The van der Waals surface area contributed by atoms with E-state index in [9.17, 15) is 9.90 Å². The van der Waals surface area contributed by atoms with Gasteiger partial charge in [-0.25, -0.2) is 4.79 Å².